The predicted octanol–water partition coefficient (Wildman–Crippen LogP) is 2.89. The van der Waals surface area contributed by atoms with Crippen LogP contribution in [-0.2, 0) is 0 Å². The molecular weight excluding hydrogens is 236 g/mol. The lowest BCUT2D eigenvalue weighted by molar-refractivity contribution is 1.15. The molecule has 0 saturated carbocycles. The highest BCUT2D eigenvalue weighted by molar-refractivity contribution is 5.94. The van der Waals surface area contributed by atoms with Crippen LogP contribution in [-0.4, -0.2) is 15.0 Å². The lowest BCUT2D eigenvalue weighted by Crippen LogP contribution is -1.99. The minimum absolute atomic E-state index is 0.682. The highest BCUT2D eigenvalue weighted by atomic mass is 14.9. The molecule has 2 heterocycles. The normalized spacial score (nSPS) is 10.8. The standard InChI is InChI=1S/C15H14N4/c1-9-5-6-12-13(14(9)16)10(2)18-15(19-12)11-4-3-7-17-8-11/h3-8H,16H2,1-2H3. The molecule has 3 rings (SSSR count). The number of nitrogens with zero attached hydrogens (tertiary/aromatic N) is 3. The van der Waals surface area contributed by atoms with Crippen LogP contribution in [0.5, 0.6) is 0 Å². The second-order valence-corrected chi connectivity index (χ2v) is 4.56. The molecule has 0 aliphatic rings. The van der Waals surface area contributed by atoms with Crippen molar-refractivity contribution >= 4 is 16.6 Å². The number of aryl methyl sites for hydroxylation is 2. The molecule has 0 amide bonds. The molecule has 0 radical (unpaired) electrons. The molecule has 4 nitrogen and oxygen atoms in total. The summed E-state index contributed by atoms with van der Waals surface area (Å²) < 4.78 is 0. The van der Waals surface area contributed by atoms with Crippen LogP contribution >= 0.6 is 0 Å². The molecule has 0 atom stereocenters. The molecule has 4 heteroatoms. The number of hydrogen-bond acceptors (Lipinski definition) is 4. The van der Waals surface area contributed by atoms with Crippen LogP contribution in [0.3, 0.4) is 0 Å². The van der Waals surface area contributed by atoms with E-state index in [2.05, 4.69) is 15.0 Å². The molecule has 0 spiro atoms. The first-order valence-corrected chi connectivity index (χ1v) is 6.10. The zero-order valence-corrected chi connectivity index (χ0v) is 10.9. The average molecular weight is 250 g/mol. The molecule has 2 N–H and O–H groups in total. The first kappa shape index (κ1) is 11.6. The smallest absolute Gasteiger partial charge is 0.161 e. The summed E-state index contributed by atoms with van der Waals surface area (Å²) in [7, 11) is 0. The molecule has 0 unspecified atom stereocenters. The van der Waals surface area contributed by atoms with Crippen molar-refractivity contribution in [3.8, 4) is 11.4 Å². The van der Waals surface area contributed by atoms with Gasteiger partial charge in [-0.2, -0.15) is 0 Å². The monoisotopic (exact) mass is 250 g/mol. The van der Waals surface area contributed by atoms with Gasteiger partial charge >= 0.3 is 0 Å². The second kappa shape index (κ2) is 4.31. The molecule has 0 aliphatic carbocycles. The van der Waals surface area contributed by atoms with Crippen LogP contribution in [0.2, 0.25) is 0 Å². The van der Waals surface area contributed by atoms with Crippen molar-refractivity contribution in [3.05, 3.63) is 47.9 Å². The number of hydrogen-bond donors (Lipinski definition) is 1. The van der Waals surface area contributed by atoms with Crippen molar-refractivity contribution in [2.24, 2.45) is 0 Å². The maximum absolute atomic E-state index is 6.12. The fourth-order valence-corrected chi connectivity index (χ4v) is 2.16. The zero-order valence-electron chi connectivity index (χ0n) is 10.9. The van der Waals surface area contributed by atoms with Gasteiger partial charge in [-0.3, -0.25) is 4.98 Å². The molecular formula is C15H14N4. The Morgan fingerprint density at radius 1 is 1.05 bits per heavy atom. The van der Waals surface area contributed by atoms with Gasteiger partial charge in [0, 0.05) is 29.0 Å². The van der Waals surface area contributed by atoms with E-state index in [1.807, 2.05) is 38.1 Å². The number of pyridine rings is 1. The Morgan fingerprint density at radius 2 is 1.89 bits per heavy atom. The van der Waals surface area contributed by atoms with Gasteiger partial charge in [-0.15, -0.1) is 0 Å². The molecule has 0 fully saturated rings. The third kappa shape index (κ3) is 1.91. The quantitative estimate of drug-likeness (QED) is 0.674. The summed E-state index contributed by atoms with van der Waals surface area (Å²) in [5.74, 6) is 0.682. The third-order valence-corrected chi connectivity index (χ3v) is 3.22. The number of aromatic nitrogens is 3. The van der Waals surface area contributed by atoms with Crippen LogP contribution in [0.1, 0.15) is 11.3 Å². The first-order valence-electron chi connectivity index (χ1n) is 6.10. The molecule has 2 aromatic heterocycles. The van der Waals surface area contributed by atoms with Crippen molar-refractivity contribution in [3.63, 3.8) is 0 Å². The maximum Gasteiger partial charge on any atom is 0.161 e. The van der Waals surface area contributed by atoms with Crippen molar-refractivity contribution < 1.29 is 0 Å². The van der Waals surface area contributed by atoms with E-state index in [4.69, 9.17) is 5.73 Å². The van der Waals surface area contributed by atoms with E-state index in [-0.39, 0.29) is 0 Å². The first-order chi connectivity index (χ1) is 9.16. The van der Waals surface area contributed by atoms with E-state index in [1.54, 1.807) is 12.4 Å². The predicted molar refractivity (Wildman–Crippen MR) is 76.7 cm³/mol. The Kier molecular flexibility index (Phi) is 2.63. The summed E-state index contributed by atoms with van der Waals surface area (Å²) in [5.41, 5.74) is 10.6. The molecule has 19 heavy (non-hydrogen) atoms. The van der Waals surface area contributed by atoms with Crippen LogP contribution in [0.25, 0.3) is 22.3 Å². The molecule has 3 aromatic rings. The van der Waals surface area contributed by atoms with E-state index >= 15 is 0 Å². The van der Waals surface area contributed by atoms with E-state index < -0.39 is 0 Å². The molecule has 0 bridgehead atoms. The summed E-state index contributed by atoms with van der Waals surface area (Å²) >= 11 is 0. The van der Waals surface area contributed by atoms with Crippen LogP contribution in [0, 0.1) is 13.8 Å². The number of nitrogen functional groups attached to an aromatic ring is 1. The lowest BCUT2D eigenvalue weighted by Gasteiger charge is -2.09. The van der Waals surface area contributed by atoms with Gasteiger partial charge in [-0.25, -0.2) is 9.97 Å². The average Bonchev–Trinajstić information content (AvgIpc) is 2.43. The number of nitrogens with two attached hydrogens (primary N) is 1. The highest BCUT2D eigenvalue weighted by Gasteiger charge is 2.10. The van der Waals surface area contributed by atoms with Crippen molar-refractivity contribution in [1.29, 1.82) is 0 Å². The van der Waals surface area contributed by atoms with Gasteiger partial charge in [0.05, 0.1) is 11.2 Å². The van der Waals surface area contributed by atoms with Gasteiger partial charge < -0.3 is 5.73 Å². The van der Waals surface area contributed by atoms with Gasteiger partial charge in [0.15, 0.2) is 5.82 Å². The van der Waals surface area contributed by atoms with E-state index in [0.717, 1.165) is 33.4 Å². The Balaban J connectivity index is 2.30. The van der Waals surface area contributed by atoms with E-state index in [9.17, 15) is 0 Å². The van der Waals surface area contributed by atoms with Crippen LogP contribution in [0.4, 0.5) is 5.69 Å². The van der Waals surface area contributed by atoms with Crippen LogP contribution < -0.4 is 5.73 Å². The van der Waals surface area contributed by atoms with E-state index in [1.165, 1.54) is 0 Å². The number of rotatable bonds is 1. The summed E-state index contributed by atoms with van der Waals surface area (Å²) in [5, 5.41) is 0.938. The van der Waals surface area contributed by atoms with Crippen molar-refractivity contribution in [2.45, 2.75) is 13.8 Å². The minimum atomic E-state index is 0.682. The molecule has 94 valence electrons. The van der Waals surface area contributed by atoms with Gasteiger partial charge in [0.2, 0.25) is 0 Å². The SMILES string of the molecule is Cc1ccc2nc(-c3cccnc3)nc(C)c2c1N. The third-order valence-electron chi connectivity index (χ3n) is 3.22. The molecule has 1 aromatic carbocycles. The Hall–Kier alpha value is -2.49. The fraction of sp³-hybridized carbons (Fsp3) is 0.133. The largest absolute Gasteiger partial charge is 0.398 e. The van der Waals surface area contributed by atoms with Gasteiger partial charge in [0.25, 0.3) is 0 Å². The summed E-state index contributed by atoms with van der Waals surface area (Å²) in [6, 6.07) is 7.79. The van der Waals surface area contributed by atoms with Crippen molar-refractivity contribution in [1.82, 2.24) is 15.0 Å². The maximum atomic E-state index is 6.12. The van der Waals surface area contributed by atoms with Gasteiger partial charge in [-0.1, -0.05) is 6.07 Å². The zero-order chi connectivity index (χ0) is 13.4. The molecule has 0 aliphatic heterocycles. The Labute approximate surface area is 111 Å². The highest BCUT2D eigenvalue weighted by Crippen LogP contribution is 2.27. The summed E-state index contributed by atoms with van der Waals surface area (Å²) in [4.78, 5) is 13.2. The van der Waals surface area contributed by atoms with Gasteiger partial charge in [-0.05, 0) is 37.6 Å². The lowest BCUT2D eigenvalue weighted by atomic mass is 10.1. The van der Waals surface area contributed by atoms with Gasteiger partial charge in [0.1, 0.15) is 0 Å². The summed E-state index contributed by atoms with van der Waals surface area (Å²) in [6.45, 7) is 3.95. The Bertz CT molecular complexity index is 751. The van der Waals surface area contributed by atoms with E-state index in [0.29, 0.717) is 5.82 Å². The second-order valence-electron chi connectivity index (χ2n) is 4.56. The number of fused-ring (bicyclic) bond motifs is 1. The number of benzene rings is 1. The summed E-state index contributed by atoms with van der Waals surface area (Å²) in [6.07, 6.45) is 3.50. The van der Waals surface area contributed by atoms with Crippen molar-refractivity contribution in [2.75, 3.05) is 5.73 Å². The Morgan fingerprint density at radius 3 is 2.63 bits per heavy atom. The van der Waals surface area contributed by atoms with Crippen LogP contribution in [0.15, 0.2) is 36.7 Å². The minimum Gasteiger partial charge on any atom is -0.398 e. The number of anilines is 1. The topological polar surface area (TPSA) is 64.7 Å². The molecule has 0 saturated heterocycles. The fourth-order valence-electron chi connectivity index (χ4n) is 2.16.